The third kappa shape index (κ3) is 6.67. The number of nitrogens with two attached hydrogens (primary N) is 1. The number of halogens is 1. The second kappa shape index (κ2) is 7.53. The zero-order chi connectivity index (χ0) is 12.6. The minimum atomic E-state index is -0.613. The first-order chi connectivity index (χ1) is 7.47. The molecule has 3 N–H and O–H groups in total. The van der Waals surface area contributed by atoms with Gasteiger partial charge in [-0.1, -0.05) is 23.7 Å². The van der Waals surface area contributed by atoms with E-state index in [0.29, 0.717) is 10.7 Å². The fourth-order valence-corrected chi connectivity index (χ4v) is 0.878. The molecule has 0 aliphatic heterocycles. The maximum absolute atomic E-state index is 10.4. The Bertz CT molecular complexity index is 356. The van der Waals surface area contributed by atoms with E-state index in [1.807, 2.05) is 0 Å². The highest BCUT2D eigenvalue weighted by atomic mass is 35.5. The van der Waals surface area contributed by atoms with Crippen LogP contribution in [0.3, 0.4) is 0 Å². The van der Waals surface area contributed by atoms with E-state index in [1.54, 1.807) is 38.4 Å². The van der Waals surface area contributed by atoms with Gasteiger partial charge in [0.15, 0.2) is 0 Å². The molecule has 5 nitrogen and oxygen atoms in total. The third-order valence-electron chi connectivity index (χ3n) is 1.34. The van der Waals surface area contributed by atoms with Crippen LogP contribution in [0.15, 0.2) is 24.3 Å². The van der Waals surface area contributed by atoms with Gasteiger partial charge in [0, 0.05) is 14.1 Å². The molecule has 0 unspecified atom stereocenters. The Balaban J connectivity index is 0.000000385. The predicted molar refractivity (Wildman–Crippen MR) is 64.4 cm³/mol. The highest BCUT2D eigenvalue weighted by Gasteiger charge is 1.98. The molecule has 0 aliphatic carbocycles. The molecule has 0 aliphatic rings. The second-order valence-corrected chi connectivity index (χ2v) is 3.45. The third-order valence-corrected chi connectivity index (χ3v) is 1.67. The molecule has 0 radical (unpaired) electrons. The Morgan fingerprint density at radius 1 is 1.44 bits per heavy atom. The first-order valence-electron chi connectivity index (χ1n) is 4.40. The fraction of sp³-hybridized carbons (Fsp3) is 0.200. The molecule has 16 heavy (non-hydrogen) atoms. The van der Waals surface area contributed by atoms with Crippen molar-refractivity contribution in [3.05, 3.63) is 29.3 Å². The van der Waals surface area contributed by atoms with Crippen LogP contribution in [0.25, 0.3) is 0 Å². The Labute approximate surface area is 99.2 Å². The highest BCUT2D eigenvalue weighted by Crippen LogP contribution is 2.19. The fourth-order valence-electron chi connectivity index (χ4n) is 0.695. The summed E-state index contributed by atoms with van der Waals surface area (Å²) in [6.45, 7) is 0. The van der Waals surface area contributed by atoms with Gasteiger partial charge in [0.2, 0.25) is 6.41 Å². The molecular formula is C10H14ClN3O2. The Hall–Kier alpha value is -1.75. The summed E-state index contributed by atoms with van der Waals surface area (Å²) < 4.78 is 0. The smallest absolute Gasteiger partial charge is 0.316 e. The van der Waals surface area contributed by atoms with Crippen LogP contribution in [0.5, 0.6) is 0 Å². The van der Waals surface area contributed by atoms with E-state index >= 15 is 0 Å². The van der Waals surface area contributed by atoms with Crippen LogP contribution >= 0.6 is 11.6 Å². The first kappa shape index (κ1) is 14.2. The lowest BCUT2D eigenvalue weighted by Gasteiger charge is -2.01. The van der Waals surface area contributed by atoms with E-state index in [9.17, 15) is 9.59 Å². The van der Waals surface area contributed by atoms with Crippen LogP contribution in [-0.4, -0.2) is 31.4 Å². The summed E-state index contributed by atoms with van der Waals surface area (Å²) in [5.41, 5.74) is 5.41. The van der Waals surface area contributed by atoms with Crippen LogP contribution in [-0.2, 0) is 4.79 Å². The number of hydrogen-bond acceptors (Lipinski definition) is 2. The van der Waals surface area contributed by atoms with E-state index in [-0.39, 0.29) is 0 Å². The number of nitrogens with one attached hydrogen (secondary N) is 1. The maximum atomic E-state index is 10.4. The lowest BCUT2D eigenvalue weighted by atomic mass is 10.3. The Morgan fingerprint density at radius 3 is 2.31 bits per heavy atom. The molecule has 0 spiro atoms. The molecule has 88 valence electrons. The van der Waals surface area contributed by atoms with Crippen LogP contribution in [0.2, 0.25) is 5.02 Å². The van der Waals surface area contributed by atoms with Crippen LogP contribution < -0.4 is 11.1 Å². The van der Waals surface area contributed by atoms with E-state index in [0.717, 1.165) is 6.41 Å². The molecule has 3 amide bonds. The quantitative estimate of drug-likeness (QED) is 0.773. The molecule has 0 bridgehead atoms. The SMILES string of the molecule is CN(C)C=O.NC(=O)Nc1ccccc1Cl. The van der Waals surface area contributed by atoms with Crippen molar-refractivity contribution in [1.82, 2.24) is 4.90 Å². The predicted octanol–water partition coefficient (Wildman–Crippen LogP) is 1.53. The molecule has 0 aromatic heterocycles. The Morgan fingerprint density at radius 2 is 1.94 bits per heavy atom. The van der Waals surface area contributed by atoms with Gasteiger partial charge < -0.3 is 16.0 Å². The second-order valence-electron chi connectivity index (χ2n) is 3.04. The van der Waals surface area contributed by atoms with Crippen molar-refractivity contribution in [1.29, 1.82) is 0 Å². The largest absolute Gasteiger partial charge is 0.351 e. The van der Waals surface area contributed by atoms with Gasteiger partial charge in [-0.3, -0.25) is 4.79 Å². The zero-order valence-corrected chi connectivity index (χ0v) is 9.86. The lowest BCUT2D eigenvalue weighted by Crippen LogP contribution is -2.19. The highest BCUT2D eigenvalue weighted by molar-refractivity contribution is 6.33. The summed E-state index contributed by atoms with van der Waals surface area (Å²) >= 11 is 5.70. The molecule has 0 saturated heterocycles. The van der Waals surface area contributed by atoms with Gasteiger partial charge in [0.05, 0.1) is 10.7 Å². The number of primary amides is 1. The number of carbonyl (C=O) groups excluding carboxylic acids is 2. The minimum absolute atomic E-state index is 0.478. The minimum Gasteiger partial charge on any atom is -0.351 e. The molecular weight excluding hydrogens is 230 g/mol. The van der Waals surface area contributed by atoms with Gasteiger partial charge in [-0.15, -0.1) is 0 Å². The number of amides is 3. The summed E-state index contributed by atoms with van der Waals surface area (Å²) in [6, 6.07) is 6.27. The maximum Gasteiger partial charge on any atom is 0.316 e. The van der Waals surface area contributed by atoms with Crippen LogP contribution in [0, 0.1) is 0 Å². The van der Waals surface area contributed by atoms with E-state index < -0.39 is 6.03 Å². The van der Waals surface area contributed by atoms with E-state index in [2.05, 4.69) is 5.32 Å². The van der Waals surface area contributed by atoms with Gasteiger partial charge in [-0.2, -0.15) is 0 Å². The van der Waals surface area contributed by atoms with Gasteiger partial charge in [0.1, 0.15) is 0 Å². The van der Waals surface area contributed by atoms with Crippen molar-refractivity contribution < 1.29 is 9.59 Å². The van der Waals surface area contributed by atoms with Crippen molar-refractivity contribution >= 4 is 29.7 Å². The van der Waals surface area contributed by atoms with E-state index in [4.69, 9.17) is 17.3 Å². The number of rotatable bonds is 2. The van der Waals surface area contributed by atoms with Crippen molar-refractivity contribution in [2.45, 2.75) is 0 Å². The number of benzene rings is 1. The van der Waals surface area contributed by atoms with Crippen LogP contribution in [0.1, 0.15) is 0 Å². The number of para-hydroxylation sites is 1. The summed E-state index contributed by atoms with van der Waals surface area (Å²) in [6.07, 6.45) is 0.750. The first-order valence-corrected chi connectivity index (χ1v) is 4.78. The van der Waals surface area contributed by atoms with Gasteiger partial charge >= 0.3 is 6.03 Å². The van der Waals surface area contributed by atoms with Gasteiger partial charge in [0.25, 0.3) is 0 Å². The van der Waals surface area contributed by atoms with E-state index in [1.165, 1.54) is 4.90 Å². The average Bonchev–Trinajstić information content (AvgIpc) is 2.22. The van der Waals surface area contributed by atoms with Crippen molar-refractivity contribution in [3.63, 3.8) is 0 Å². The summed E-state index contributed by atoms with van der Waals surface area (Å²) in [5, 5.41) is 2.86. The summed E-state index contributed by atoms with van der Waals surface area (Å²) in [7, 11) is 3.38. The number of anilines is 1. The molecule has 1 aromatic rings. The molecule has 1 aromatic carbocycles. The standard InChI is InChI=1S/C7H7ClN2O.C3H7NO/c8-5-3-1-2-4-6(5)10-7(9)11;1-4(2)3-5/h1-4H,(H3,9,10,11);3H,1-2H3. The number of carbonyl (C=O) groups is 2. The molecule has 0 fully saturated rings. The molecule has 1 rings (SSSR count). The van der Waals surface area contributed by atoms with Gasteiger partial charge in [-0.25, -0.2) is 4.79 Å². The normalized spacial score (nSPS) is 8.44. The number of nitrogens with zero attached hydrogens (tertiary/aromatic N) is 1. The zero-order valence-electron chi connectivity index (χ0n) is 9.11. The monoisotopic (exact) mass is 243 g/mol. The number of hydrogen-bond donors (Lipinski definition) is 2. The molecule has 0 saturated carbocycles. The topological polar surface area (TPSA) is 75.4 Å². The van der Waals surface area contributed by atoms with Crippen molar-refractivity contribution in [2.75, 3.05) is 19.4 Å². The average molecular weight is 244 g/mol. The Kier molecular flexibility index (Phi) is 6.71. The molecule has 6 heteroatoms. The van der Waals surface area contributed by atoms with Crippen molar-refractivity contribution in [3.8, 4) is 0 Å². The summed E-state index contributed by atoms with van der Waals surface area (Å²) in [5.74, 6) is 0. The van der Waals surface area contributed by atoms with Crippen LogP contribution in [0.4, 0.5) is 10.5 Å². The lowest BCUT2D eigenvalue weighted by molar-refractivity contribution is -0.115. The summed E-state index contributed by atoms with van der Waals surface area (Å²) in [4.78, 5) is 21.2. The number of urea groups is 1. The molecule has 0 heterocycles. The molecule has 0 atom stereocenters. The van der Waals surface area contributed by atoms with Crippen molar-refractivity contribution in [2.24, 2.45) is 5.73 Å². The van der Waals surface area contributed by atoms with Gasteiger partial charge in [-0.05, 0) is 12.1 Å².